The summed E-state index contributed by atoms with van der Waals surface area (Å²) in [5.41, 5.74) is -1.59. The maximum absolute atomic E-state index is 13.2. The first-order valence-electron chi connectivity index (χ1n) is 9.95. The Morgan fingerprint density at radius 2 is 1.93 bits per heavy atom. The molecule has 0 N–H and O–H groups in total. The summed E-state index contributed by atoms with van der Waals surface area (Å²) in [6, 6.07) is 0. The lowest BCUT2D eigenvalue weighted by Gasteiger charge is -2.55. The van der Waals surface area contributed by atoms with Crippen LogP contribution in [0.4, 0.5) is 0 Å². The summed E-state index contributed by atoms with van der Waals surface area (Å²) in [6.07, 6.45) is 4.56. The van der Waals surface area contributed by atoms with E-state index in [1.165, 1.54) is 13.2 Å². The molecule has 0 amide bonds. The predicted molar refractivity (Wildman–Crippen MR) is 99.1 cm³/mol. The standard InChI is InChI=1S/C21H30O7/c1-5-26-16(22)7-8-20(18(24)25-4)11-15-10-14(17(20)23)6-9-21(15)27-12-19(2,3)13-28-21/h7-8,14-15H,5-6,9-13H2,1-4H3/b8-7+. The molecule has 3 rings (SSSR count). The van der Waals surface area contributed by atoms with E-state index in [0.29, 0.717) is 32.5 Å². The second-order valence-corrected chi connectivity index (χ2v) is 8.84. The number of ketones is 1. The van der Waals surface area contributed by atoms with E-state index in [-0.39, 0.29) is 36.1 Å². The lowest BCUT2D eigenvalue weighted by atomic mass is 9.57. The molecule has 2 saturated carbocycles. The number of fused-ring (bicyclic) bond motifs is 3. The molecule has 3 aliphatic rings. The zero-order valence-electron chi connectivity index (χ0n) is 17.1. The van der Waals surface area contributed by atoms with Crippen LogP contribution >= 0.6 is 0 Å². The highest BCUT2D eigenvalue weighted by atomic mass is 16.7. The lowest BCUT2D eigenvalue weighted by Crippen LogP contribution is -2.61. The van der Waals surface area contributed by atoms with E-state index in [4.69, 9.17) is 18.9 Å². The van der Waals surface area contributed by atoms with Crippen molar-refractivity contribution in [3.05, 3.63) is 12.2 Å². The number of hydrogen-bond acceptors (Lipinski definition) is 7. The van der Waals surface area contributed by atoms with Crippen molar-refractivity contribution in [3.63, 3.8) is 0 Å². The molecule has 1 aliphatic heterocycles. The Morgan fingerprint density at radius 3 is 2.54 bits per heavy atom. The van der Waals surface area contributed by atoms with Gasteiger partial charge in [-0.1, -0.05) is 19.9 Å². The summed E-state index contributed by atoms with van der Waals surface area (Å²) in [5, 5.41) is 0. The van der Waals surface area contributed by atoms with Gasteiger partial charge in [0.05, 0.1) is 26.9 Å². The van der Waals surface area contributed by atoms with Gasteiger partial charge in [-0.05, 0) is 26.2 Å². The second-order valence-electron chi connectivity index (χ2n) is 8.84. The SMILES string of the molecule is CCOC(=O)/C=C/C1(C(=O)OC)CC2CC(CCC23OCC(C)(C)CO3)C1=O. The van der Waals surface area contributed by atoms with E-state index in [0.717, 1.165) is 6.08 Å². The van der Waals surface area contributed by atoms with E-state index >= 15 is 0 Å². The molecule has 1 saturated heterocycles. The summed E-state index contributed by atoms with van der Waals surface area (Å²) in [4.78, 5) is 37.8. The lowest BCUT2D eigenvalue weighted by molar-refractivity contribution is -0.339. The molecule has 7 nitrogen and oxygen atoms in total. The van der Waals surface area contributed by atoms with Crippen LogP contribution in [0.1, 0.15) is 46.5 Å². The van der Waals surface area contributed by atoms with Crippen molar-refractivity contribution in [1.29, 1.82) is 0 Å². The van der Waals surface area contributed by atoms with E-state index in [1.54, 1.807) is 6.92 Å². The minimum Gasteiger partial charge on any atom is -0.468 e. The Labute approximate surface area is 165 Å². The molecular formula is C21H30O7. The fourth-order valence-electron chi connectivity index (χ4n) is 4.63. The number of ether oxygens (including phenoxy) is 4. The van der Waals surface area contributed by atoms with Crippen LogP contribution in [0.5, 0.6) is 0 Å². The number of rotatable bonds is 4. The normalized spacial score (nSPS) is 33.6. The highest BCUT2D eigenvalue weighted by Crippen LogP contribution is 2.54. The smallest absolute Gasteiger partial charge is 0.330 e. The molecule has 0 aromatic rings. The van der Waals surface area contributed by atoms with Gasteiger partial charge in [0.25, 0.3) is 0 Å². The molecule has 7 heteroatoms. The fourth-order valence-corrected chi connectivity index (χ4v) is 4.63. The summed E-state index contributed by atoms with van der Waals surface area (Å²) in [5.74, 6) is -2.63. The highest BCUT2D eigenvalue weighted by molar-refractivity contribution is 6.08. The van der Waals surface area contributed by atoms with Crippen molar-refractivity contribution < 1.29 is 33.3 Å². The summed E-state index contributed by atoms with van der Waals surface area (Å²) in [7, 11) is 1.26. The van der Waals surface area contributed by atoms with Crippen LogP contribution in [-0.4, -0.2) is 50.4 Å². The molecule has 0 aromatic carbocycles. The van der Waals surface area contributed by atoms with Gasteiger partial charge in [0.2, 0.25) is 0 Å². The fraction of sp³-hybridized carbons (Fsp3) is 0.762. The number of carbonyl (C=O) groups excluding carboxylic acids is 3. The van der Waals surface area contributed by atoms with Gasteiger partial charge in [0.15, 0.2) is 11.6 Å². The zero-order chi connectivity index (χ0) is 20.6. The average molecular weight is 394 g/mol. The van der Waals surface area contributed by atoms with Crippen LogP contribution in [0.15, 0.2) is 12.2 Å². The molecule has 0 aromatic heterocycles. The van der Waals surface area contributed by atoms with Crippen LogP contribution in [0.3, 0.4) is 0 Å². The topological polar surface area (TPSA) is 88.1 Å². The van der Waals surface area contributed by atoms with Gasteiger partial charge >= 0.3 is 11.9 Å². The Hall–Kier alpha value is -1.73. The van der Waals surface area contributed by atoms with E-state index < -0.39 is 23.1 Å². The van der Waals surface area contributed by atoms with Gasteiger partial charge in [0.1, 0.15) is 5.41 Å². The van der Waals surface area contributed by atoms with Crippen molar-refractivity contribution in [3.8, 4) is 0 Å². The van der Waals surface area contributed by atoms with Gasteiger partial charge in [-0.15, -0.1) is 0 Å². The predicted octanol–water partition coefficient (Wildman–Crippen LogP) is 2.42. The first-order chi connectivity index (χ1) is 13.2. The number of methoxy groups -OCH3 is 1. The van der Waals surface area contributed by atoms with E-state index in [1.807, 2.05) is 0 Å². The average Bonchev–Trinajstić information content (AvgIpc) is 2.67. The van der Waals surface area contributed by atoms with E-state index in [9.17, 15) is 14.4 Å². The zero-order valence-corrected chi connectivity index (χ0v) is 17.1. The van der Waals surface area contributed by atoms with Crippen molar-refractivity contribution in [2.45, 2.75) is 52.2 Å². The molecule has 0 radical (unpaired) electrons. The minimum atomic E-state index is -1.51. The molecule has 3 atom stereocenters. The maximum atomic E-state index is 13.2. The molecule has 1 spiro atoms. The van der Waals surface area contributed by atoms with Crippen LogP contribution in [0.2, 0.25) is 0 Å². The third kappa shape index (κ3) is 3.62. The summed E-state index contributed by atoms with van der Waals surface area (Å²) >= 11 is 0. The number of esters is 2. The Bertz CT molecular complexity index is 670. The number of hydrogen-bond donors (Lipinski definition) is 0. The summed E-state index contributed by atoms with van der Waals surface area (Å²) < 4.78 is 22.3. The molecule has 3 unspecified atom stereocenters. The van der Waals surface area contributed by atoms with Crippen molar-refractivity contribution >= 4 is 17.7 Å². The van der Waals surface area contributed by atoms with Gasteiger partial charge < -0.3 is 18.9 Å². The van der Waals surface area contributed by atoms with Crippen LogP contribution < -0.4 is 0 Å². The highest BCUT2D eigenvalue weighted by Gasteiger charge is 2.61. The Morgan fingerprint density at radius 1 is 1.25 bits per heavy atom. The third-order valence-corrected chi connectivity index (χ3v) is 6.17. The molecule has 28 heavy (non-hydrogen) atoms. The molecule has 2 aliphatic carbocycles. The van der Waals surface area contributed by atoms with Crippen LogP contribution in [-0.2, 0) is 33.3 Å². The number of Topliss-reactive ketones (excluding diaryl/α,β-unsaturated/α-hetero) is 1. The van der Waals surface area contributed by atoms with Crippen molar-refractivity contribution in [1.82, 2.24) is 0 Å². The molecule has 3 fully saturated rings. The first-order valence-corrected chi connectivity index (χ1v) is 9.95. The monoisotopic (exact) mass is 394 g/mol. The minimum absolute atomic E-state index is 0.0736. The van der Waals surface area contributed by atoms with E-state index in [2.05, 4.69) is 13.8 Å². The Kier molecular flexibility index (Phi) is 5.69. The van der Waals surface area contributed by atoms with Gasteiger partial charge in [-0.25, -0.2) is 4.79 Å². The van der Waals surface area contributed by atoms with Crippen LogP contribution in [0, 0.1) is 22.7 Å². The first kappa shape index (κ1) is 21.0. The van der Waals surface area contributed by atoms with Gasteiger partial charge in [-0.3, -0.25) is 9.59 Å². The molecule has 2 bridgehead atoms. The molecule has 156 valence electrons. The second kappa shape index (κ2) is 7.59. The van der Waals surface area contributed by atoms with Crippen molar-refractivity contribution in [2.24, 2.45) is 22.7 Å². The quantitative estimate of drug-likeness (QED) is 0.411. The van der Waals surface area contributed by atoms with Gasteiger partial charge in [0, 0.05) is 29.7 Å². The summed E-state index contributed by atoms with van der Waals surface area (Å²) in [6.45, 7) is 7.20. The van der Waals surface area contributed by atoms with Gasteiger partial charge in [-0.2, -0.15) is 0 Å². The van der Waals surface area contributed by atoms with Crippen molar-refractivity contribution in [2.75, 3.05) is 26.9 Å². The molecular weight excluding hydrogens is 364 g/mol. The third-order valence-electron chi connectivity index (χ3n) is 6.17. The van der Waals surface area contributed by atoms with Crippen LogP contribution in [0.25, 0.3) is 0 Å². The number of carbonyl (C=O) groups is 3. The molecule has 1 heterocycles. The maximum Gasteiger partial charge on any atom is 0.330 e. The largest absolute Gasteiger partial charge is 0.468 e. The Balaban J connectivity index is 1.92.